The summed E-state index contributed by atoms with van der Waals surface area (Å²) in [5, 5.41) is 11.4. The molecule has 2 heterocycles. The van der Waals surface area contributed by atoms with Crippen molar-refractivity contribution in [3.63, 3.8) is 0 Å². The summed E-state index contributed by atoms with van der Waals surface area (Å²) in [4.78, 5) is 13.9. The molecule has 7 heteroatoms. The first kappa shape index (κ1) is 18.0. The fraction of sp³-hybridized carbons (Fsp3) is 0.389. The van der Waals surface area contributed by atoms with Crippen LogP contribution in [-0.2, 0) is 11.2 Å². The van der Waals surface area contributed by atoms with Gasteiger partial charge in [0, 0.05) is 19.1 Å². The second kappa shape index (κ2) is 8.02. The standard InChI is InChI=1S/C18H20Cl2N4O/c1-12-2-7-16(23-22-12)24-9-8-15(11-24)21-17(25)10-13-3-5-14(6-4-13)18(19)20/h2-7,15,18H,8-11H2,1H3,(H,21,25)/t15-/m1/s1. The van der Waals surface area contributed by atoms with E-state index in [2.05, 4.69) is 20.4 Å². The lowest BCUT2D eigenvalue weighted by Gasteiger charge is -2.17. The van der Waals surface area contributed by atoms with Gasteiger partial charge in [-0.25, -0.2) is 0 Å². The second-order valence-electron chi connectivity index (χ2n) is 6.25. The lowest BCUT2D eigenvalue weighted by Crippen LogP contribution is -2.38. The lowest BCUT2D eigenvalue weighted by molar-refractivity contribution is -0.121. The fourth-order valence-corrected chi connectivity index (χ4v) is 3.18. The van der Waals surface area contributed by atoms with E-state index >= 15 is 0 Å². The van der Waals surface area contributed by atoms with Crippen LogP contribution in [0, 0.1) is 6.92 Å². The van der Waals surface area contributed by atoms with E-state index < -0.39 is 4.84 Å². The van der Waals surface area contributed by atoms with E-state index in [0.717, 1.165) is 42.1 Å². The molecule has 1 aromatic heterocycles. The van der Waals surface area contributed by atoms with Crippen LogP contribution in [0.25, 0.3) is 0 Å². The second-order valence-corrected chi connectivity index (χ2v) is 7.35. The number of carbonyl (C=O) groups excluding carboxylic acids is 1. The highest BCUT2D eigenvalue weighted by Crippen LogP contribution is 2.24. The first-order chi connectivity index (χ1) is 12.0. The average Bonchev–Trinajstić information content (AvgIpc) is 3.04. The maximum Gasteiger partial charge on any atom is 0.224 e. The maximum absolute atomic E-state index is 12.3. The summed E-state index contributed by atoms with van der Waals surface area (Å²) >= 11 is 11.6. The molecule has 1 amide bonds. The highest BCUT2D eigenvalue weighted by molar-refractivity contribution is 6.44. The van der Waals surface area contributed by atoms with Gasteiger partial charge in [0.25, 0.3) is 0 Å². The summed E-state index contributed by atoms with van der Waals surface area (Å²) in [6.07, 6.45) is 1.25. The number of nitrogens with zero attached hydrogens (tertiary/aromatic N) is 3. The van der Waals surface area contributed by atoms with E-state index in [1.165, 1.54) is 0 Å². The van der Waals surface area contributed by atoms with Crippen molar-refractivity contribution >= 4 is 34.9 Å². The molecule has 1 fully saturated rings. The largest absolute Gasteiger partial charge is 0.353 e. The van der Waals surface area contributed by atoms with Gasteiger partial charge in [-0.2, -0.15) is 5.10 Å². The van der Waals surface area contributed by atoms with Gasteiger partial charge in [-0.3, -0.25) is 4.79 Å². The minimum atomic E-state index is -0.544. The monoisotopic (exact) mass is 378 g/mol. The van der Waals surface area contributed by atoms with Gasteiger partial charge >= 0.3 is 0 Å². The molecule has 1 aliphatic heterocycles. The van der Waals surface area contributed by atoms with Gasteiger partial charge in [-0.1, -0.05) is 24.3 Å². The number of anilines is 1. The zero-order valence-electron chi connectivity index (χ0n) is 14.0. The molecule has 1 atom stereocenters. The molecule has 0 aliphatic carbocycles. The minimum absolute atomic E-state index is 0.0166. The van der Waals surface area contributed by atoms with E-state index in [1.54, 1.807) is 0 Å². The molecule has 5 nitrogen and oxygen atoms in total. The fourth-order valence-electron chi connectivity index (χ4n) is 2.89. The van der Waals surface area contributed by atoms with E-state index in [-0.39, 0.29) is 11.9 Å². The van der Waals surface area contributed by atoms with Gasteiger partial charge in [-0.05, 0) is 36.6 Å². The van der Waals surface area contributed by atoms with Gasteiger partial charge in [0.1, 0.15) is 4.84 Å². The molecule has 0 unspecified atom stereocenters. The minimum Gasteiger partial charge on any atom is -0.353 e. The molecule has 132 valence electrons. The van der Waals surface area contributed by atoms with Gasteiger partial charge < -0.3 is 10.2 Å². The Bertz CT molecular complexity index is 719. The zero-order valence-corrected chi connectivity index (χ0v) is 15.5. The van der Waals surface area contributed by atoms with Crippen molar-refractivity contribution in [3.05, 3.63) is 53.2 Å². The number of nitrogens with one attached hydrogen (secondary N) is 1. The quantitative estimate of drug-likeness (QED) is 0.811. The van der Waals surface area contributed by atoms with E-state index in [0.29, 0.717) is 6.42 Å². The number of aromatic nitrogens is 2. The number of benzene rings is 1. The predicted molar refractivity (Wildman–Crippen MR) is 100 cm³/mol. The van der Waals surface area contributed by atoms with Crippen LogP contribution in [0.2, 0.25) is 0 Å². The van der Waals surface area contributed by atoms with Crippen LogP contribution in [0.3, 0.4) is 0 Å². The molecule has 0 radical (unpaired) electrons. The van der Waals surface area contributed by atoms with Gasteiger partial charge in [0.2, 0.25) is 5.91 Å². The van der Waals surface area contributed by atoms with Crippen molar-refractivity contribution in [2.45, 2.75) is 30.6 Å². The Morgan fingerprint density at radius 2 is 2.00 bits per heavy atom. The van der Waals surface area contributed by atoms with Gasteiger partial charge in [0.05, 0.1) is 12.1 Å². The highest BCUT2D eigenvalue weighted by Gasteiger charge is 2.25. The number of amides is 1. The molecule has 2 aromatic rings. The topological polar surface area (TPSA) is 58.1 Å². The number of hydrogen-bond acceptors (Lipinski definition) is 4. The molecule has 0 saturated carbocycles. The van der Waals surface area contributed by atoms with Crippen molar-refractivity contribution in [3.8, 4) is 0 Å². The smallest absolute Gasteiger partial charge is 0.224 e. The van der Waals surface area contributed by atoms with Gasteiger partial charge in [0.15, 0.2) is 5.82 Å². The molecule has 0 spiro atoms. The maximum atomic E-state index is 12.3. The van der Waals surface area contributed by atoms with E-state index in [9.17, 15) is 4.79 Å². The van der Waals surface area contributed by atoms with Gasteiger partial charge in [-0.15, -0.1) is 28.3 Å². The normalized spacial score (nSPS) is 17.1. The van der Waals surface area contributed by atoms with Crippen molar-refractivity contribution in [2.24, 2.45) is 0 Å². The van der Waals surface area contributed by atoms with Crippen LogP contribution in [0.1, 0.15) is 28.1 Å². The predicted octanol–water partition coefficient (Wildman–Crippen LogP) is 3.20. The third kappa shape index (κ3) is 4.83. The number of rotatable bonds is 5. The zero-order chi connectivity index (χ0) is 17.8. The lowest BCUT2D eigenvalue weighted by atomic mass is 10.1. The Balaban J connectivity index is 1.51. The Hall–Kier alpha value is -1.85. The Labute approximate surface area is 157 Å². The van der Waals surface area contributed by atoms with Crippen LogP contribution < -0.4 is 10.2 Å². The summed E-state index contributed by atoms with van der Waals surface area (Å²) in [5.41, 5.74) is 2.67. The van der Waals surface area contributed by atoms with E-state index in [1.807, 2.05) is 43.3 Å². The third-order valence-corrected chi connectivity index (χ3v) is 4.76. The molecule has 25 heavy (non-hydrogen) atoms. The van der Waals surface area contributed by atoms with Crippen molar-refractivity contribution in [1.82, 2.24) is 15.5 Å². The van der Waals surface area contributed by atoms with E-state index in [4.69, 9.17) is 23.2 Å². The third-order valence-electron chi connectivity index (χ3n) is 4.26. The van der Waals surface area contributed by atoms with Crippen LogP contribution >= 0.6 is 23.2 Å². The molecule has 1 saturated heterocycles. The first-order valence-electron chi connectivity index (χ1n) is 8.23. The van der Waals surface area contributed by atoms with Crippen LogP contribution in [-0.4, -0.2) is 35.2 Å². The average molecular weight is 379 g/mol. The van der Waals surface area contributed by atoms with Crippen molar-refractivity contribution < 1.29 is 4.79 Å². The Morgan fingerprint density at radius 3 is 2.64 bits per heavy atom. The highest BCUT2D eigenvalue weighted by atomic mass is 35.5. The molecular formula is C18H20Cl2N4O. The molecular weight excluding hydrogens is 359 g/mol. The number of carbonyl (C=O) groups is 1. The SMILES string of the molecule is Cc1ccc(N2CC[C@@H](NC(=O)Cc3ccc(C(Cl)Cl)cc3)C2)nn1. The Morgan fingerprint density at radius 1 is 1.24 bits per heavy atom. The number of alkyl halides is 2. The number of halogens is 2. The summed E-state index contributed by atoms with van der Waals surface area (Å²) in [7, 11) is 0. The van der Waals surface area contributed by atoms with Crippen molar-refractivity contribution in [2.75, 3.05) is 18.0 Å². The number of hydrogen-bond donors (Lipinski definition) is 1. The van der Waals surface area contributed by atoms with Crippen LogP contribution in [0.4, 0.5) is 5.82 Å². The van der Waals surface area contributed by atoms with Crippen LogP contribution in [0.5, 0.6) is 0 Å². The van der Waals surface area contributed by atoms with Crippen molar-refractivity contribution in [1.29, 1.82) is 0 Å². The van der Waals surface area contributed by atoms with Crippen LogP contribution in [0.15, 0.2) is 36.4 Å². The molecule has 1 aromatic carbocycles. The molecule has 1 aliphatic rings. The summed E-state index contributed by atoms with van der Waals surface area (Å²) < 4.78 is 0. The Kier molecular flexibility index (Phi) is 5.76. The summed E-state index contributed by atoms with van der Waals surface area (Å²) in [6, 6.07) is 11.5. The molecule has 3 rings (SSSR count). The summed E-state index contributed by atoms with van der Waals surface area (Å²) in [5.74, 6) is 0.873. The molecule has 0 bridgehead atoms. The summed E-state index contributed by atoms with van der Waals surface area (Å²) in [6.45, 7) is 3.53. The first-order valence-corrected chi connectivity index (χ1v) is 9.10. The number of aryl methyl sites for hydroxylation is 1. The molecule has 1 N–H and O–H groups in total.